The summed E-state index contributed by atoms with van der Waals surface area (Å²) in [5.74, 6) is -0.850. The molecule has 2 rings (SSSR count). The molecule has 1 aliphatic carbocycles. The standard InChI is InChI=1S/C13H19NO5S/c1-4-20-13(2)7-8(11(16)18-3)9(13)10(15)14-5-6-19-12(14)17/h8-9H,4-7H2,1-3H3/t8-,9-,13+/m1/s1. The van der Waals surface area contributed by atoms with Gasteiger partial charge in [0, 0.05) is 4.75 Å². The van der Waals surface area contributed by atoms with Crippen LogP contribution < -0.4 is 0 Å². The van der Waals surface area contributed by atoms with E-state index in [-0.39, 0.29) is 29.8 Å². The summed E-state index contributed by atoms with van der Waals surface area (Å²) in [6.45, 7) is 4.45. The van der Waals surface area contributed by atoms with Crippen molar-refractivity contribution in [2.24, 2.45) is 11.8 Å². The fourth-order valence-corrected chi connectivity index (χ4v) is 4.39. The van der Waals surface area contributed by atoms with Gasteiger partial charge in [-0.3, -0.25) is 9.59 Å². The molecule has 1 aliphatic heterocycles. The molecule has 112 valence electrons. The minimum Gasteiger partial charge on any atom is -0.469 e. The Labute approximate surface area is 122 Å². The number of carbonyl (C=O) groups excluding carboxylic acids is 3. The second kappa shape index (κ2) is 5.63. The van der Waals surface area contributed by atoms with Gasteiger partial charge in [-0.25, -0.2) is 9.69 Å². The first kappa shape index (κ1) is 15.2. The first-order valence-electron chi connectivity index (χ1n) is 6.64. The maximum Gasteiger partial charge on any atom is 0.416 e. The summed E-state index contributed by atoms with van der Waals surface area (Å²) in [6.07, 6.45) is -0.0216. The molecule has 0 N–H and O–H groups in total. The van der Waals surface area contributed by atoms with Crippen LogP contribution in [0.5, 0.6) is 0 Å². The van der Waals surface area contributed by atoms with Crippen molar-refractivity contribution in [1.82, 2.24) is 4.90 Å². The molecule has 0 bridgehead atoms. The Bertz CT molecular complexity index is 440. The molecule has 0 radical (unpaired) electrons. The molecular weight excluding hydrogens is 282 g/mol. The van der Waals surface area contributed by atoms with Gasteiger partial charge < -0.3 is 9.47 Å². The van der Waals surface area contributed by atoms with E-state index in [1.54, 1.807) is 11.8 Å². The zero-order valence-corrected chi connectivity index (χ0v) is 12.7. The van der Waals surface area contributed by atoms with Gasteiger partial charge in [0.05, 0.1) is 25.5 Å². The normalized spacial score (nSPS) is 32.5. The maximum absolute atomic E-state index is 12.6. The Morgan fingerprint density at radius 1 is 1.55 bits per heavy atom. The lowest BCUT2D eigenvalue weighted by molar-refractivity contribution is -0.160. The van der Waals surface area contributed by atoms with Crippen molar-refractivity contribution in [3.63, 3.8) is 0 Å². The van der Waals surface area contributed by atoms with Gasteiger partial charge in [-0.05, 0) is 19.1 Å². The van der Waals surface area contributed by atoms with Gasteiger partial charge in [-0.1, -0.05) is 6.92 Å². The average Bonchev–Trinajstić information content (AvgIpc) is 2.82. The molecule has 2 aliphatic rings. The number of hydrogen-bond acceptors (Lipinski definition) is 6. The van der Waals surface area contributed by atoms with Crippen molar-refractivity contribution in [1.29, 1.82) is 0 Å². The topological polar surface area (TPSA) is 72.9 Å². The van der Waals surface area contributed by atoms with Crippen LogP contribution in [0.15, 0.2) is 0 Å². The number of imide groups is 1. The fourth-order valence-electron chi connectivity index (χ4n) is 2.99. The van der Waals surface area contributed by atoms with E-state index in [0.717, 1.165) is 10.7 Å². The second-order valence-corrected chi connectivity index (χ2v) is 6.96. The first-order chi connectivity index (χ1) is 9.44. The predicted molar refractivity (Wildman–Crippen MR) is 73.2 cm³/mol. The zero-order valence-electron chi connectivity index (χ0n) is 11.9. The van der Waals surface area contributed by atoms with E-state index in [9.17, 15) is 14.4 Å². The van der Waals surface area contributed by atoms with E-state index in [1.165, 1.54) is 7.11 Å². The van der Waals surface area contributed by atoms with Gasteiger partial charge in [-0.2, -0.15) is 11.8 Å². The smallest absolute Gasteiger partial charge is 0.416 e. The van der Waals surface area contributed by atoms with Gasteiger partial charge >= 0.3 is 12.1 Å². The molecular formula is C13H19NO5S. The summed E-state index contributed by atoms with van der Waals surface area (Å²) >= 11 is 1.64. The molecule has 3 atom stereocenters. The van der Waals surface area contributed by atoms with Crippen molar-refractivity contribution in [3.8, 4) is 0 Å². The quantitative estimate of drug-likeness (QED) is 0.728. The summed E-state index contributed by atoms with van der Waals surface area (Å²) in [5, 5.41) is 0. The minimum atomic E-state index is -0.616. The molecule has 0 spiro atoms. The number of cyclic esters (lactones) is 1. The van der Waals surface area contributed by atoms with Gasteiger partial charge in [-0.15, -0.1) is 0 Å². The Balaban J connectivity index is 2.19. The SMILES string of the molecule is CCS[C@@]1(C)C[C@@H](C(=O)OC)[C@@H]1C(=O)N1CCOC1=O. The van der Waals surface area contributed by atoms with E-state index >= 15 is 0 Å². The summed E-state index contributed by atoms with van der Waals surface area (Å²) in [5.41, 5.74) is 0. The number of carbonyl (C=O) groups is 3. The van der Waals surface area contributed by atoms with E-state index in [4.69, 9.17) is 9.47 Å². The molecule has 0 aromatic heterocycles. The lowest BCUT2D eigenvalue weighted by Crippen LogP contribution is -2.60. The highest BCUT2D eigenvalue weighted by molar-refractivity contribution is 8.00. The highest BCUT2D eigenvalue weighted by Gasteiger charge is 2.59. The molecule has 0 aromatic rings. The highest BCUT2D eigenvalue weighted by Crippen LogP contribution is 2.53. The van der Waals surface area contributed by atoms with Crippen LogP contribution in [-0.4, -0.2) is 53.6 Å². The number of amides is 2. The van der Waals surface area contributed by atoms with Crippen LogP contribution in [0.2, 0.25) is 0 Å². The van der Waals surface area contributed by atoms with Crippen LogP contribution in [0.25, 0.3) is 0 Å². The predicted octanol–water partition coefficient (Wildman–Crippen LogP) is 1.29. The number of ether oxygens (including phenoxy) is 2. The number of nitrogens with zero attached hydrogens (tertiary/aromatic N) is 1. The highest BCUT2D eigenvalue weighted by atomic mass is 32.2. The lowest BCUT2D eigenvalue weighted by Gasteiger charge is -2.50. The van der Waals surface area contributed by atoms with E-state index in [2.05, 4.69) is 0 Å². The van der Waals surface area contributed by atoms with Crippen molar-refractivity contribution in [3.05, 3.63) is 0 Å². The van der Waals surface area contributed by atoms with Gasteiger partial charge in [0.25, 0.3) is 0 Å². The van der Waals surface area contributed by atoms with Crippen LogP contribution in [0.4, 0.5) is 4.79 Å². The van der Waals surface area contributed by atoms with Crippen molar-refractivity contribution in [2.75, 3.05) is 26.0 Å². The van der Waals surface area contributed by atoms with Crippen LogP contribution in [0, 0.1) is 11.8 Å². The first-order valence-corrected chi connectivity index (χ1v) is 7.63. The largest absolute Gasteiger partial charge is 0.469 e. The van der Waals surface area contributed by atoms with Crippen LogP contribution in [0.3, 0.4) is 0 Å². The number of esters is 1. The number of hydrogen-bond donors (Lipinski definition) is 0. The summed E-state index contributed by atoms with van der Waals surface area (Å²) in [6, 6.07) is 0. The van der Waals surface area contributed by atoms with E-state index < -0.39 is 17.9 Å². The molecule has 6 nitrogen and oxygen atoms in total. The van der Waals surface area contributed by atoms with Gasteiger partial charge in [0.15, 0.2) is 0 Å². The Morgan fingerprint density at radius 3 is 2.75 bits per heavy atom. The van der Waals surface area contributed by atoms with Crippen LogP contribution in [-0.2, 0) is 19.1 Å². The van der Waals surface area contributed by atoms with Crippen molar-refractivity contribution < 1.29 is 23.9 Å². The monoisotopic (exact) mass is 301 g/mol. The maximum atomic E-state index is 12.6. The van der Waals surface area contributed by atoms with E-state index in [0.29, 0.717) is 6.42 Å². The summed E-state index contributed by atoms with van der Waals surface area (Å²) in [7, 11) is 1.32. The molecule has 0 unspecified atom stereocenters. The minimum absolute atomic E-state index is 0.220. The van der Waals surface area contributed by atoms with Crippen LogP contribution >= 0.6 is 11.8 Å². The van der Waals surface area contributed by atoms with E-state index in [1.807, 2.05) is 13.8 Å². The van der Waals surface area contributed by atoms with Crippen molar-refractivity contribution in [2.45, 2.75) is 25.0 Å². The van der Waals surface area contributed by atoms with Gasteiger partial charge in [0.1, 0.15) is 6.61 Å². The third-order valence-electron chi connectivity index (χ3n) is 3.96. The Kier molecular flexibility index (Phi) is 4.27. The Hall–Kier alpha value is -1.24. The number of thioether (sulfide) groups is 1. The average molecular weight is 301 g/mol. The zero-order chi connectivity index (χ0) is 14.9. The van der Waals surface area contributed by atoms with Crippen molar-refractivity contribution >= 4 is 29.7 Å². The molecule has 20 heavy (non-hydrogen) atoms. The number of methoxy groups -OCH3 is 1. The number of rotatable bonds is 4. The molecule has 1 heterocycles. The Morgan fingerprint density at radius 2 is 2.25 bits per heavy atom. The fraction of sp³-hybridized carbons (Fsp3) is 0.769. The molecule has 7 heteroatoms. The second-order valence-electron chi connectivity index (χ2n) is 5.16. The summed E-state index contributed by atoms with van der Waals surface area (Å²) < 4.78 is 9.23. The van der Waals surface area contributed by atoms with Gasteiger partial charge in [0.2, 0.25) is 5.91 Å². The molecule has 0 aromatic carbocycles. The third kappa shape index (κ3) is 2.39. The lowest BCUT2D eigenvalue weighted by atomic mass is 9.64. The molecule has 1 saturated heterocycles. The summed E-state index contributed by atoms with van der Waals surface area (Å²) in [4.78, 5) is 37.0. The molecule has 2 fully saturated rings. The molecule has 2 amide bonds. The molecule has 1 saturated carbocycles. The third-order valence-corrected chi connectivity index (χ3v) is 5.33. The van der Waals surface area contributed by atoms with Crippen LogP contribution in [0.1, 0.15) is 20.3 Å².